The SMILES string of the molecule is N#Cc1cccc(N2CCOCC2C(N)=O)c1. The first-order chi connectivity index (χ1) is 8.22. The predicted octanol–water partition coefficient (Wildman–Crippen LogP) is 0.249. The minimum Gasteiger partial charge on any atom is -0.377 e. The van der Waals surface area contributed by atoms with Crippen molar-refractivity contribution in [3.05, 3.63) is 29.8 Å². The topological polar surface area (TPSA) is 79.3 Å². The van der Waals surface area contributed by atoms with Crippen LogP contribution in [-0.2, 0) is 9.53 Å². The van der Waals surface area contributed by atoms with Crippen LogP contribution in [0.1, 0.15) is 5.56 Å². The van der Waals surface area contributed by atoms with Gasteiger partial charge in [-0.25, -0.2) is 0 Å². The molecule has 5 nitrogen and oxygen atoms in total. The number of morpholine rings is 1. The van der Waals surface area contributed by atoms with Gasteiger partial charge in [0.25, 0.3) is 0 Å². The van der Waals surface area contributed by atoms with Gasteiger partial charge in [-0.05, 0) is 18.2 Å². The fraction of sp³-hybridized carbons (Fsp3) is 0.333. The Balaban J connectivity index is 2.29. The Bertz CT molecular complexity index is 467. The van der Waals surface area contributed by atoms with Crippen LogP contribution >= 0.6 is 0 Å². The van der Waals surface area contributed by atoms with Crippen LogP contribution in [0.3, 0.4) is 0 Å². The summed E-state index contributed by atoms with van der Waals surface area (Å²) in [6, 6.07) is 8.75. The molecule has 1 saturated heterocycles. The quantitative estimate of drug-likeness (QED) is 0.791. The summed E-state index contributed by atoms with van der Waals surface area (Å²) in [5.41, 5.74) is 6.74. The van der Waals surface area contributed by atoms with E-state index in [4.69, 9.17) is 15.7 Å². The molecule has 2 N–H and O–H groups in total. The lowest BCUT2D eigenvalue weighted by atomic mass is 10.1. The van der Waals surface area contributed by atoms with E-state index >= 15 is 0 Å². The average molecular weight is 231 g/mol. The number of anilines is 1. The molecule has 1 fully saturated rings. The maximum atomic E-state index is 11.3. The molecule has 1 aromatic rings. The van der Waals surface area contributed by atoms with Gasteiger partial charge in [-0.15, -0.1) is 0 Å². The first-order valence-electron chi connectivity index (χ1n) is 5.36. The molecule has 1 aromatic carbocycles. The Morgan fingerprint density at radius 3 is 3.12 bits per heavy atom. The lowest BCUT2D eigenvalue weighted by Crippen LogP contribution is -2.52. The number of hydrogen-bond acceptors (Lipinski definition) is 4. The predicted molar refractivity (Wildman–Crippen MR) is 62.3 cm³/mol. The molecule has 1 heterocycles. The fourth-order valence-corrected chi connectivity index (χ4v) is 1.90. The summed E-state index contributed by atoms with van der Waals surface area (Å²) in [7, 11) is 0. The first kappa shape index (κ1) is 11.4. The number of amides is 1. The van der Waals surface area contributed by atoms with Crippen LogP contribution in [0, 0.1) is 11.3 Å². The van der Waals surface area contributed by atoms with Crippen LogP contribution < -0.4 is 10.6 Å². The van der Waals surface area contributed by atoms with Gasteiger partial charge in [0, 0.05) is 12.2 Å². The highest BCUT2D eigenvalue weighted by Crippen LogP contribution is 2.20. The highest BCUT2D eigenvalue weighted by Gasteiger charge is 2.27. The smallest absolute Gasteiger partial charge is 0.242 e. The Hall–Kier alpha value is -2.06. The number of nitrogens with zero attached hydrogens (tertiary/aromatic N) is 2. The van der Waals surface area contributed by atoms with E-state index in [1.54, 1.807) is 18.2 Å². The molecule has 17 heavy (non-hydrogen) atoms. The minimum absolute atomic E-state index is 0.298. The number of nitrogens with two attached hydrogens (primary N) is 1. The van der Waals surface area contributed by atoms with E-state index in [1.165, 1.54) is 0 Å². The van der Waals surface area contributed by atoms with E-state index in [2.05, 4.69) is 6.07 Å². The highest BCUT2D eigenvalue weighted by molar-refractivity contribution is 5.84. The number of rotatable bonds is 2. The van der Waals surface area contributed by atoms with Crippen LogP contribution in [-0.4, -0.2) is 31.7 Å². The summed E-state index contributed by atoms with van der Waals surface area (Å²) in [5.74, 6) is -0.410. The van der Waals surface area contributed by atoms with E-state index in [-0.39, 0.29) is 0 Å². The molecule has 1 atom stereocenters. The van der Waals surface area contributed by atoms with Gasteiger partial charge in [0.15, 0.2) is 0 Å². The van der Waals surface area contributed by atoms with Gasteiger partial charge in [0.1, 0.15) is 6.04 Å². The van der Waals surface area contributed by atoms with Crippen molar-refractivity contribution in [3.8, 4) is 6.07 Å². The molecule has 0 bridgehead atoms. The van der Waals surface area contributed by atoms with E-state index in [9.17, 15) is 4.79 Å². The number of carbonyl (C=O) groups is 1. The second-order valence-corrected chi connectivity index (χ2v) is 3.85. The number of benzene rings is 1. The number of carbonyl (C=O) groups excluding carboxylic acids is 1. The van der Waals surface area contributed by atoms with Crippen molar-refractivity contribution >= 4 is 11.6 Å². The van der Waals surface area contributed by atoms with Crippen molar-refractivity contribution in [2.45, 2.75) is 6.04 Å². The molecular weight excluding hydrogens is 218 g/mol. The zero-order valence-corrected chi connectivity index (χ0v) is 9.30. The first-order valence-corrected chi connectivity index (χ1v) is 5.36. The zero-order valence-electron chi connectivity index (χ0n) is 9.30. The third-order valence-corrected chi connectivity index (χ3v) is 2.76. The van der Waals surface area contributed by atoms with Crippen molar-refractivity contribution in [1.29, 1.82) is 5.26 Å². The van der Waals surface area contributed by atoms with Crippen LogP contribution in [0.15, 0.2) is 24.3 Å². The lowest BCUT2D eigenvalue weighted by molar-refractivity contribution is -0.121. The largest absolute Gasteiger partial charge is 0.377 e. The van der Waals surface area contributed by atoms with Gasteiger partial charge in [-0.3, -0.25) is 4.79 Å². The molecule has 0 spiro atoms. The summed E-state index contributed by atoms with van der Waals surface area (Å²) in [4.78, 5) is 13.2. The zero-order chi connectivity index (χ0) is 12.3. The molecule has 1 aliphatic rings. The van der Waals surface area contributed by atoms with E-state index in [1.807, 2.05) is 11.0 Å². The van der Waals surface area contributed by atoms with Crippen molar-refractivity contribution in [3.63, 3.8) is 0 Å². The molecule has 0 saturated carbocycles. The second-order valence-electron chi connectivity index (χ2n) is 3.85. The Morgan fingerprint density at radius 1 is 1.59 bits per heavy atom. The summed E-state index contributed by atoms with van der Waals surface area (Å²) < 4.78 is 5.24. The van der Waals surface area contributed by atoms with Crippen molar-refractivity contribution < 1.29 is 9.53 Å². The van der Waals surface area contributed by atoms with Crippen LogP contribution in [0.2, 0.25) is 0 Å². The van der Waals surface area contributed by atoms with Gasteiger partial charge >= 0.3 is 0 Å². The summed E-state index contributed by atoms with van der Waals surface area (Å²) in [6.07, 6.45) is 0. The van der Waals surface area contributed by atoms with Gasteiger partial charge < -0.3 is 15.4 Å². The Kier molecular flexibility index (Phi) is 3.26. The normalized spacial score (nSPS) is 19.7. The maximum absolute atomic E-state index is 11.3. The summed E-state index contributed by atoms with van der Waals surface area (Å²) in [6.45, 7) is 1.45. The molecule has 1 amide bonds. The summed E-state index contributed by atoms with van der Waals surface area (Å²) >= 11 is 0. The molecule has 1 aliphatic heterocycles. The third kappa shape index (κ3) is 2.37. The number of nitriles is 1. The molecule has 5 heteroatoms. The Labute approximate surface area is 99.4 Å². The molecular formula is C12H13N3O2. The fourth-order valence-electron chi connectivity index (χ4n) is 1.90. The number of primary amides is 1. The van der Waals surface area contributed by atoms with Gasteiger partial charge in [-0.1, -0.05) is 6.07 Å². The molecule has 88 valence electrons. The van der Waals surface area contributed by atoms with Crippen LogP contribution in [0.25, 0.3) is 0 Å². The van der Waals surface area contributed by atoms with E-state index < -0.39 is 11.9 Å². The van der Waals surface area contributed by atoms with Crippen molar-refractivity contribution in [2.24, 2.45) is 5.73 Å². The van der Waals surface area contributed by atoms with Gasteiger partial charge in [-0.2, -0.15) is 5.26 Å². The molecule has 0 aliphatic carbocycles. The minimum atomic E-state index is -0.460. The number of hydrogen-bond donors (Lipinski definition) is 1. The molecule has 1 unspecified atom stereocenters. The maximum Gasteiger partial charge on any atom is 0.242 e. The molecule has 2 rings (SSSR count). The van der Waals surface area contributed by atoms with Crippen molar-refractivity contribution in [1.82, 2.24) is 0 Å². The van der Waals surface area contributed by atoms with E-state index in [0.29, 0.717) is 25.3 Å². The van der Waals surface area contributed by atoms with E-state index in [0.717, 1.165) is 5.69 Å². The van der Waals surface area contributed by atoms with Crippen LogP contribution in [0.4, 0.5) is 5.69 Å². The summed E-state index contributed by atoms with van der Waals surface area (Å²) in [5, 5.41) is 8.85. The van der Waals surface area contributed by atoms with Gasteiger partial charge in [0.2, 0.25) is 5.91 Å². The number of ether oxygens (including phenoxy) is 1. The average Bonchev–Trinajstić information content (AvgIpc) is 2.39. The second kappa shape index (κ2) is 4.85. The third-order valence-electron chi connectivity index (χ3n) is 2.76. The van der Waals surface area contributed by atoms with Crippen molar-refractivity contribution in [2.75, 3.05) is 24.7 Å². The lowest BCUT2D eigenvalue weighted by Gasteiger charge is -2.35. The molecule has 0 radical (unpaired) electrons. The molecule has 0 aromatic heterocycles. The highest BCUT2D eigenvalue weighted by atomic mass is 16.5. The van der Waals surface area contributed by atoms with Gasteiger partial charge in [0.05, 0.1) is 24.8 Å². The monoisotopic (exact) mass is 231 g/mol. The Morgan fingerprint density at radius 2 is 2.41 bits per heavy atom. The standard InChI is InChI=1S/C12H13N3O2/c13-7-9-2-1-3-10(6-9)15-4-5-17-8-11(15)12(14)16/h1-3,6,11H,4-5,8H2,(H2,14,16). The van der Waals surface area contributed by atoms with Crippen LogP contribution in [0.5, 0.6) is 0 Å².